The van der Waals surface area contributed by atoms with Gasteiger partial charge in [-0.25, -0.2) is 4.68 Å². The molecule has 0 spiro atoms. The maximum absolute atomic E-state index is 8.68. The Balaban J connectivity index is 2.54. The lowest BCUT2D eigenvalue weighted by Crippen LogP contribution is -2.02. The Kier molecular flexibility index (Phi) is 1.88. The van der Waals surface area contributed by atoms with E-state index in [2.05, 4.69) is 10.1 Å². The van der Waals surface area contributed by atoms with Gasteiger partial charge in [-0.15, -0.1) is 0 Å². The molecule has 0 bridgehead atoms. The van der Waals surface area contributed by atoms with Crippen LogP contribution in [0.15, 0.2) is 30.7 Å². The van der Waals surface area contributed by atoms with Crippen LogP contribution in [0.3, 0.4) is 0 Å². The molecule has 14 heavy (non-hydrogen) atoms. The molecule has 2 rings (SSSR count). The molecule has 2 aromatic heterocycles. The van der Waals surface area contributed by atoms with Gasteiger partial charge in [0.1, 0.15) is 17.5 Å². The number of aromatic nitrogens is 3. The molecule has 0 unspecified atom stereocenters. The van der Waals surface area contributed by atoms with E-state index in [4.69, 9.17) is 11.0 Å². The van der Waals surface area contributed by atoms with Crippen molar-refractivity contribution in [2.45, 2.75) is 0 Å². The summed E-state index contributed by atoms with van der Waals surface area (Å²) in [7, 11) is 0. The third kappa shape index (κ3) is 1.19. The highest BCUT2D eigenvalue weighted by molar-refractivity contribution is 5.51. The van der Waals surface area contributed by atoms with Gasteiger partial charge in [-0.3, -0.25) is 4.98 Å². The van der Waals surface area contributed by atoms with Crippen molar-refractivity contribution in [1.29, 1.82) is 5.26 Å². The van der Waals surface area contributed by atoms with E-state index < -0.39 is 0 Å². The molecular weight excluding hydrogens is 178 g/mol. The van der Waals surface area contributed by atoms with Gasteiger partial charge in [0.05, 0.1) is 18.1 Å². The van der Waals surface area contributed by atoms with E-state index in [-0.39, 0.29) is 0 Å². The summed E-state index contributed by atoms with van der Waals surface area (Å²) < 4.78 is 1.48. The molecule has 0 aromatic carbocycles. The minimum atomic E-state index is 0.334. The third-order valence-corrected chi connectivity index (χ3v) is 1.82. The second-order valence-electron chi connectivity index (χ2n) is 2.68. The monoisotopic (exact) mass is 185 g/mol. The molecule has 0 aliphatic carbocycles. The number of hydrogen-bond acceptors (Lipinski definition) is 4. The van der Waals surface area contributed by atoms with Crippen molar-refractivity contribution in [3.8, 4) is 11.8 Å². The van der Waals surface area contributed by atoms with Crippen LogP contribution < -0.4 is 5.73 Å². The molecule has 2 heterocycles. The van der Waals surface area contributed by atoms with Crippen LogP contribution in [0.1, 0.15) is 5.56 Å². The zero-order chi connectivity index (χ0) is 9.97. The molecule has 5 nitrogen and oxygen atoms in total. The van der Waals surface area contributed by atoms with Gasteiger partial charge >= 0.3 is 0 Å². The van der Waals surface area contributed by atoms with E-state index in [1.165, 1.54) is 10.9 Å². The predicted octanol–water partition coefficient (Wildman–Crippen LogP) is 0.721. The molecule has 0 aliphatic rings. The molecule has 68 valence electrons. The first-order valence-electron chi connectivity index (χ1n) is 3.97. The minimum Gasteiger partial charge on any atom is -0.382 e. The summed E-state index contributed by atoms with van der Waals surface area (Å²) >= 11 is 0. The normalized spacial score (nSPS) is 9.64. The molecule has 0 atom stereocenters. The molecule has 0 fully saturated rings. The van der Waals surface area contributed by atoms with Crippen LogP contribution in [-0.4, -0.2) is 14.8 Å². The fraction of sp³-hybridized carbons (Fsp3) is 0. The summed E-state index contributed by atoms with van der Waals surface area (Å²) in [6.45, 7) is 0. The molecule has 0 amide bonds. The highest BCUT2D eigenvalue weighted by atomic mass is 15.3. The highest BCUT2D eigenvalue weighted by Crippen LogP contribution is 2.14. The average molecular weight is 185 g/mol. The van der Waals surface area contributed by atoms with E-state index in [0.717, 1.165) is 5.69 Å². The lowest BCUT2D eigenvalue weighted by Gasteiger charge is -2.01. The predicted molar refractivity (Wildman–Crippen MR) is 50.5 cm³/mol. The van der Waals surface area contributed by atoms with Gasteiger partial charge in [-0.05, 0) is 12.1 Å². The molecule has 2 N–H and O–H groups in total. The summed E-state index contributed by atoms with van der Waals surface area (Å²) in [4.78, 5) is 3.94. The number of nitriles is 1. The van der Waals surface area contributed by atoms with Crippen molar-refractivity contribution in [2.24, 2.45) is 0 Å². The molecule has 5 heteroatoms. The molecule has 0 saturated carbocycles. The smallest absolute Gasteiger partial charge is 0.145 e. The Morgan fingerprint density at radius 1 is 1.43 bits per heavy atom. The largest absolute Gasteiger partial charge is 0.382 e. The zero-order valence-corrected chi connectivity index (χ0v) is 7.25. The van der Waals surface area contributed by atoms with Crippen LogP contribution in [-0.2, 0) is 0 Å². The van der Waals surface area contributed by atoms with Crippen molar-refractivity contribution in [3.63, 3.8) is 0 Å². The average Bonchev–Trinajstić information content (AvgIpc) is 2.61. The van der Waals surface area contributed by atoms with Gasteiger partial charge in [-0.2, -0.15) is 10.4 Å². The van der Waals surface area contributed by atoms with E-state index in [1.807, 2.05) is 12.1 Å². The quantitative estimate of drug-likeness (QED) is 0.709. The molecule has 0 radical (unpaired) electrons. The van der Waals surface area contributed by atoms with Crippen LogP contribution in [0.5, 0.6) is 0 Å². The van der Waals surface area contributed by atoms with Crippen molar-refractivity contribution in [3.05, 3.63) is 36.3 Å². The third-order valence-electron chi connectivity index (χ3n) is 1.82. The zero-order valence-electron chi connectivity index (χ0n) is 7.25. The maximum Gasteiger partial charge on any atom is 0.145 e. The number of anilines is 1. The first-order chi connectivity index (χ1) is 6.83. The van der Waals surface area contributed by atoms with Gasteiger partial charge in [0.25, 0.3) is 0 Å². The summed E-state index contributed by atoms with van der Waals surface area (Å²) in [6.07, 6.45) is 4.72. The Bertz CT molecular complexity index is 480. The number of hydrogen-bond donors (Lipinski definition) is 1. The fourth-order valence-corrected chi connectivity index (χ4v) is 1.13. The number of nitrogens with zero attached hydrogens (tertiary/aromatic N) is 4. The Hall–Kier alpha value is -2.35. The van der Waals surface area contributed by atoms with Crippen LogP contribution in [0.25, 0.3) is 5.69 Å². The molecule has 0 aliphatic heterocycles. The Morgan fingerprint density at radius 2 is 2.29 bits per heavy atom. The Labute approximate surface area is 80.4 Å². The van der Waals surface area contributed by atoms with Crippen molar-refractivity contribution in [1.82, 2.24) is 14.8 Å². The Morgan fingerprint density at radius 3 is 2.86 bits per heavy atom. The van der Waals surface area contributed by atoms with Crippen molar-refractivity contribution >= 4 is 5.82 Å². The first kappa shape index (κ1) is 8.26. The highest BCUT2D eigenvalue weighted by Gasteiger charge is 2.07. The van der Waals surface area contributed by atoms with E-state index in [1.54, 1.807) is 18.5 Å². The summed E-state index contributed by atoms with van der Waals surface area (Å²) in [6, 6.07) is 5.55. The number of pyridine rings is 1. The maximum atomic E-state index is 8.68. The number of nitrogen functional groups attached to an aromatic ring is 1. The van der Waals surface area contributed by atoms with Crippen LogP contribution in [0.2, 0.25) is 0 Å². The van der Waals surface area contributed by atoms with Crippen LogP contribution in [0.4, 0.5) is 5.82 Å². The SMILES string of the molecule is N#Cc1cnn(-c2cccnc2)c1N. The second-order valence-corrected chi connectivity index (χ2v) is 2.68. The fourth-order valence-electron chi connectivity index (χ4n) is 1.13. The molecule has 2 aromatic rings. The summed E-state index contributed by atoms with van der Waals surface area (Å²) in [5.41, 5.74) is 6.81. The van der Waals surface area contributed by atoms with Gasteiger partial charge in [-0.1, -0.05) is 0 Å². The van der Waals surface area contributed by atoms with Gasteiger partial charge in [0.15, 0.2) is 0 Å². The van der Waals surface area contributed by atoms with E-state index in [9.17, 15) is 0 Å². The van der Waals surface area contributed by atoms with Crippen LogP contribution in [0, 0.1) is 11.3 Å². The van der Waals surface area contributed by atoms with Gasteiger partial charge in [0, 0.05) is 6.20 Å². The topological polar surface area (TPSA) is 80.5 Å². The second kappa shape index (κ2) is 3.18. The van der Waals surface area contributed by atoms with Crippen molar-refractivity contribution < 1.29 is 0 Å². The first-order valence-corrected chi connectivity index (χ1v) is 3.97. The van der Waals surface area contributed by atoms with E-state index in [0.29, 0.717) is 11.4 Å². The standard InChI is InChI=1S/C9H7N5/c10-4-7-5-13-14(9(7)11)8-2-1-3-12-6-8/h1-3,5-6H,11H2. The summed E-state index contributed by atoms with van der Waals surface area (Å²) in [5.74, 6) is 0.334. The number of rotatable bonds is 1. The van der Waals surface area contributed by atoms with E-state index >= 15 is 0 Å². The van der Waals surface area contributed by atoms with Crippen molar-refractivity contribution in [2.75, 3.05) is 5.73 Å². The lowest BCUT2D eigenvalue weighted by atomic mass is 10.3. The lowest BCUT2D eigenvalue weighted by molar-refractivity contribution is 0.884. The molecule has 0 saturated heterocycles. The van der Waals surface area contributed by atoms with Crippen LogP contribution >= 0.6 is 0 Å². The summed E-state index contributed by atoms with van der Waals surface area (Å²) in [5, 5.41) is 12.7. The number of nitrogens with two attached hydrogens (primary N) is 1. The van der Waals surface area contributed by atoms with Gasteiger partial charge in [0.2, 0.25) is 0 Å². The molecular formula is C9H7N5. The van der Waals surface area contributed by atoms with Gasteiger partial charge < -0.3 is 5.73 Å². The minimum absolute atomic E-state index is 0.334.